The van der Waals surface area contributed by atoms with E-state index in [9.17, 15) is 13.2 Å². The summed E-state index contributed by atoms with van der Waals surface area (Å²) in [7, 11) is -3.27. The van der Waals surface area contributed by atoms with Gasteiger partial charge in [-0.25, -0.2) is 13.2 Å². The molecular weight excluding hydrogens is 340 g/mol. The number of aliphatic carboxylic acids is 1. The highest BCUT2D eigenvalue weighted by Crippen LogP contribution is 2.33. The summed E-state index contributed by atoms with van der Waals surface area (Å²) in [4.78, 5) is 10.9. The number of halogens is 1. The second-order valence-electron chi connectivity index (χ2n) is 4.75. The van der Waals surface area contributed by atoms with Crippen LogP contribution in [0, 0.1) is 0 Å². The minimum Gasteiger partial charge on any atom is -0.481 e. The maximum atomic E-state index is 11.8. The molecule has 2 rings (SSSR count). The topological polar surface area (TPSA) is 80.7 Å². The predicted octanol–water partition coefficient (Wildman–Crippen LogP) is 3.26. The average molecular weight is 355 g/mol. The summed E-state index contributed by atoms with van der Waals surface area (Å²) in [5, 5.41) is 9.19. The molecule has 0 aromatic heterocycles. The maximum absolute atomic E-state index is 11.8. The second-order valence-corrected chi connectivity index (χ2v) is 7.47. The summed E-state index contributed by atoms with van der Waals surface area (Å²) >= 11 is 5.99. The molecule has 0 radical (unpaired) electrons. The first kappa shape index (κ1) is 17.3. The number of carbonyl (C=O) groups is 1. The van der Waals surface area contributed by atoms with Gasteiger partial charge >= 0.3 is 5.97 Å². The van der Waals surface area contributed by atoms with Crippen molar-refractivity contribution in [1.82, 2.24) is 0 Å². The standard InChI is InChI=1S/C16H15ClO5S/c1-2-23(20,21)13-6-3-11(4-7-13)14-9-12(17)5-8-15(14)22-10-16(18)19/h3-9H,2,10H2,1H3,(H,18,19). The third-order valence-electron chi connectivity index (χ3n) is 3.20. The molecule has 122 valence electrons. The molecule has 0 unspecified atom stereocenters. The van der Waals surface area contributed by atoms with Crippen LogP contribution in [-0.4, -0.2) is 31.9 Å². The van der Waals surface area contributed by atoms with Crippen LogP contribution in [0.4, 0.5) is 0 Å². The third-order valence-corrected chi connectivity index (χ3v) is 5.18. The molecule has 0 atom stereocenters. The molecule has 0 saturated heterocycles. The van der Waals surface area contributed by atoms with E-state index in [1.165, 1.54) is 12.1 Å². The first-order valence-corrected chi connectivity index (χ1v) is 8.84. The number of rotatable bonds is 6. The van der Waals surface area contributed by atoms with Crippen molar-refractivity contribution >= 4 is 27.4 Å². The number of benzene rings is 2. The van der Waals surface area contributed by atoms with Crippen LogP contribution in [0.2, 0.25) is 5.02 Å². The van der Waals surface area contributed by atoms with E-state index in [2.05, 4.69) is 0 Å². The number of carboxylic acid groups (broad SMARTS) is 1. The first-order valence-electron chi connectivity index (χ1n) is 6.81. The summed E-state index contributed by atoms with van der Waals surface area (Å²) in [5.74, 6) is -0.700. The van der Waals surface area contributed by atoms with Gasteiger partial charge in [-0.3, -0.25) is 0 Å². The Hall–Kier alpha value is -2.05. The molecule has 5 nitrogen and oxygen atoms in total. The average Bonchev–Trinajstić information content (AvgIpc) is 2.53. The molecule has 23 heavy (non-hydrogen) atoms. The summed E-state index contributed by atoms with van der Waals surface area (Å²) in [5.41, 5.74) is 1.28. The smallest absolute Gasteiger partial charge is 0.341 e. The fourth-order valence-electron chi connectivity index (χ4n) is 2.00. The van der Waals surface area contributed by atoms with Gasteiger partial charge in [0, 0.05) is 10.6 Å². The Kier molecular flexibility index (Phi) is 5.28. The molecule has 0 bridgehead atoms. The van der Waals surface area contributed by atoms with Crippen LogP contribution in [0.1, 0.15) is 6.92 Å². The zero-order valence-corrected chi connectivity index (χ0v) is 13.9. The molecule has 1 N–H and O–H groups in total. The molecule has 7 heteroatoms. The molecule has 0 saturated carbocycles. The Labute approximate surface area is 139 Å². The van der Waals surface area contributed by atoms with Gasteiger partial charge in [0.05, 0.1) is 10.6 Å². The summed E-state index contributed by atoms with van der Waals surface area (Å²) < 4.78 is 28.9. The highest BCUT2D eigenvalue weighted by Gasteiger charge is 2.13. The van der Waals surface area contributed by atoms with Crippen molar-refractivity contribution in [3.8, 4) is 16.9 Å². The van der Waals surface area contributed by atoms with Crippen LogP contribution in [0.25, 0.3) is 11.1 Å². The Morgan fingerprint density at radius 1 is 1.17 bits per heavy atom. The molecule has 0 fully saturated rings. The van der Waals surface area contributed by atoms with Crippen molar-refractivity contribution < 1.29 is 23.1 Å². The van der Waals surface area contributed by atoms with E-state index >= 15 is 0 Å². The van der Waals surface area contributed by atoms with E-state index in [-0.39, 0.29) is 10.6 Å². The van der Waals surface area contributed by atoms with Gasteiger partial charge in [0.15, 0.2) is 16.4 Å². The van der Waals surface area contributed by atoms with Crippen LogP contribution in [-0.2, 0) is 14.6 Å². The summed E-state index contributed by atoms with van der Waals surface area (Å²) in [6.45, 7) is 1.11. The van der Waals surface area contributed by atoms with E-state index in [4.69, 9.17) is 21.4 Å². The molecule has 0 aliphatic carbocycles. The Morgan fingerprint density at radius 3 is 2.39 bits per heavy atom. The van der Waals surface area contributed by atoms with Crippen molar-refractivity contribution in [3.05, 3.63) is 47.5 Å². The Bertz CT molecular complexity index is 813. The van der Waals surface area contributed by atoms with E-state index in [0.29, 0.717) is 21.9 Å². The molecule has 0 amide bonds. The van der Waals surface area contributed by atoms with Gasteiger partial charge in [0.25, 0.3) is 0 Å². The lowest BCUT2D eigenvalue weighted by molar-refractivity contribution is -0.139. The van der Waals surface area contributed by atoms with E-state index in [0.717, 1.165) is 0 Å². The van der Waals surface area contributed by atoms with Crippen molar-refractivity contribution in [2.45, 2.75) is 11.8 Å². The van der Waals surface area contributed by atoms with Crippen LogP contribution < -0.4 is 4.74 Å². The molecule has 0 aliphatic rings. The van der Waals surface area contributed by atoms with Gasteiger partial charge in [-0.15, -0.1) is 0 Å². The van der Waals surface area contributed by atoms with Gasteiger partial charge in [-0.2, -0.15) is 0 Å². The molecule has 2 aromatic carbocycles. The van der Waals surface area contributed by atoms with Crippen LogP contribution in [0.5, 0.6) is 5.75 Å². The molecule has 2 aromatic rings. The van der Waals surface area contributed by atoms with E-state index in [1.54, 1.807) is 37.3 Å². The lowest BCUT2D eigenvalue weighted by Gasteiger charge is -2.11. The first-order chi connectivity index (χ1) is 10.8. The fourth-order valence-corrected chi connectivity index (χ4v) is 3.06. The quantitative estimate of drug-likeness (QED) is 0.861. The van der Waals surface area contributed by atoms with Crippen molar-refractivity contribution in [2.75, 3.05) is 12.4 Å². The third kappa shape index (κ3) is 4.24. The van der Waals surface area contributed by atoms with Crippen LogP contribution in [0.3, 0.4) is 0 Å². The van der Waals surface area contributed by atoms with Crippen molar-refractivity contribution in [3.63, 3.8) is 0 Å². The minimum atomic E-state index is -3.27. The predicted molar refractivity (Wildman–Crippen MR) is 87.7 cm³/mol. The summed E-state index contributed by atoms with van der Waals surface area (Å²) in [6, 6.07) is 11.1. The molecule has 0 aliphatic heterocycles. The normalized spacial score (nSPS) is 11.2. The highest BCUT2D eigenvalue weighted by atomic mass is 35.5. The SMILES string of the molecule is CCS(=O)(=O)c1ccc(-c2cc(Cl)ccc2OCC(=O)O)cc1. The zero-order chi connectivity index (χ0) is 17.0. The van der Waals surface area contributed by atoms with Crippen molar-refractivity contribution in [2.24, 2.45) is 0 Å². The van der Waals surface area contributed by atoms with Gasteiger partial charge in [-0.05, 0) is 35.9 Å². The van der Waals surface area contributed by atoms with Gasteiger partial charge < -0.3 is 9.84 Å². The fraction of sp³-hybridized carbons (Fsp3) is 0.188. The Balaban J connectivity index is 2.41. The lowest BCUT2D eigenvalue weighted by Crippen LogP contribution is -2.10. The minimum absolute atomic E-state index is 0.0243. The molecular formula is C16H15ClO5S. The Morgan fingerprint density at radius 2 is 1.83 bits per heavy atom. The van der Waals surface area contributed by atoms with Crippen molar-refractivity contribution in [1.29, 1.82) is 0 Å². The molecule has 0 heterocycles. The largest absolute Gasteiger partial charge is 0.481 e. The number of ether oxygens (including phenoxy) is 1. The van der Waals surface area contributed by atoms with Gasteiger partial charge in [0.2, 0.25) is 0 Å². The number of hydrogen-bond donors (Lipinski definition) is 1. The summed E-state index contributed by atoms with van der Waals surface area (Å²) in [6.07, 6.45) is 0. The highest BCUT2D eigenvalue weighted by molar-refractivity contribution is 7.91. The van der Waals surface area contributed by atoms with Crippen LogP contribution >= 0.6 is 11.6 Å². The van der Waals surface area contributed by atoms with Crippen LogP contribution in [0.15, 0.2) is 47.4 Å². The molecule has 0 spiro atoms. The second kappa shape index (κ2) is 7.02. The van der Waals surface area contributed by atoms with E-state index < -0.39 is 22.4 Å². The number of sulfone groups is 1. The van der Waals surface area contributed by atoms with E-state index in [1.807, 2.05) is 0 Å². The monoisotopic (exact) mass is 354 g/mol. The maximum Gasteiger partial charge on any atom is 0.341 e. The van der Waals surface area contributed by atoms with Gasteiger partial charge in [0.1, 0.15) is 5.75 Å². The lowest BCUT2D eigenvalue weighted by atomic mass is 10.0. The number of hydrogen-bond acceptors (Lipinski definition) is 4. The zero-order valence-electron chi connectivity index (χ0n) is 12.3. The number of carboxylic acids is 1. The van der Waals surface area contributed by atoms with Gasteiger partial charge in [-0.1, -0.05) is 30.7 Å².